The minimum atomic E-state index is -0.517. The molecule has 104 valence electrons. The van der Waals surface area contributed by atoms with Crippen molar-refractivity contribution < 1.29 is 9.90 Å². The SMILES string of the molecule is CC(O)CN(C)C(=O)C1CCCN1c1ncccn1. The number of aliphatic hydroxyl groups excluding tert-OH is 1. The number of likely N-dealkylation sites (N-methyl/N-ethyl adjacent to an activating group) is 1. The monoisotopic (exact) mass is 264 g/mol. The number of rotatable bonds is 4. The van der Waals surface area contributed by atoms with E-state index in [0.29, 0.717) is 12.5 Å². The summed E-state index contributed by atoms with van der Waals surface area (Å²) in [5.41, 5.74) is 0. The number of hydrogen-bond acceptors (Lipinski definition) is 5. The summed E-state index contributed by atoms with van der Waals surface area (Å²) < 4.78 is 0. The second-order valence-corrected chi connectivity index (χ2v) is 4.97. The van der Waals surface area contributed by atoms with Crippen LogP contribution >= 0.6 is 0 Å². The highest BCUT2D eigenvalue weighted by Crippen LogP contribution is 2.23. The fraction of sp³-hybridized carbons (Fsp3) is 0.615. The van der Waals surface area contributed by atoms with Gasteiger partial charge in [-0.2, -0.15) is 0 Å². The van der Waals surface area contributed by atoms with Crippen molar-refractivity contribution in [3.63, 3.8) is 0 Å². The van der Waals surface area contributed by atoms with Crippen LogP contribution in [0.15, 0.2) is 18.5 Å². The van der Waals surface area contributed by atoms with Gasteiger partial charge in [-0.1, -0.05) is 0 Å². The van der Waals surface area contributed by atoms with Gasteiger partial charge in [-0.25, -0.2) is 9.97 Å². The molecule has 0 radical (unpaired) electrons. The van der Waals surface area contributed by atoms with E-state index in [1.807, 2.05) is 4.90 Å². The largest absolute Gasteiger partial charge is 0.392 e. The molecule has 2 heterocycles. The molecule has 19 heavy (non-hydrogen) atoms. The zero-order chi connectivity index (χ0) is 13.8. The molecule has 2 unspecified atom stereocenters. The molecule has 0 aromatic carbocycles. The Bertz CT molecular complexity index is 424. The summed E-state index contributed by atoms with van der Waals surface area (Å²) in [6.45, 7) is 2.82. The maximum atomic E-state index is 12.4. The van der Waals surface area contributed by atoms with Gasteiger partial charge in [-0.05, 0) is 25.8 Å². The molecule has 6 heteroatoms. The first kappa shape index (κ1) is 13.7. The van der Waals surface area contributed by atoms with Crippen molar-refractivity contribution in [2.24, 2.45) is 0 Å². The summed E-state index contributed by atoms with van der Waals surface area (Å²) in [5.74, 6) is 0.620. The summed E-state index contributed by atoms with van der Waals surface area (Å²) in [5, 5.41) is 9.37. The predicted octanol–water partition coefficient (Wildman–Crippen LogP) is 0.285. The van der Waals surface area contributed by atoms with E-state index in [1.54, 1.807) is 37.3 Å². The van der Waals surface area contributed by atoms with Crippen LogP contribution in [0.1, 0.15) is 19.8 Å². The van der Waals surface area contributed by atoms with E-state index < -0.39 is 6.10 Å². The van der Waals surface area contributed by atoms with Gasteiger partial charge >= 0.3 is 0 Å². The van der Waals surface area contributed by atoms with E-state index in [4.69, 9.17) is 0 Å². The zero-order valence-corrected chi connectivity index (χ0v) is 11.4. The minimum absolute atomic E-state index is 0.0193. The smallest absolute Gasteiger partial charge is 0.245 e. The summed E-state index contributed by atoms with van der Waals surface area (Å²) >= 11 is 0. The molecule has 1 aromatic rings. The van der Waals surface area contributed by atoms with Gasteiger partial charge in [-0.15, -0.1) is 0 Å². The molecular weight excluding hydrogens is 244 g/mol. The highest BCUT2D eigenvalue weighted by molar-refractivity contribution is 5.85. The molecule has 0 saturated carbocycles. The van der Waals surface area contributed by atoms with Gasteiger partial charge in [0.05, 0.1) is 6.10 Å². The van der Waals surface area contributed by atoms with Crippen molar-refractivity contribution in [2.45, 2.75) is 31.9 Å². The first-order chi connectivity index (χ1) is 9.09. The van der Waals surface area contributed by atoms with Gasteiger partial charge in [-0.3, -0.25) is 4.79 Å². The van der Waals surface area contributed by atoms with Crippen LogP contribution in [-0.4, -0.2) is 58.2 Å². The van der Waals surface area contributed by atoms with Crippen LogP contribution in [0.3, 0.4) is 0 Å². The van der Waals surface area contributed by atoms with Gasteiger partial charge in [0.25, 0.3) is 0 Å². The van der Waals surface area contributed by atoms with Gasteiger partial charge in [0.15, 0.2) is 0 Å². The van der Waals surface area contributed by atoms with E-state index in [1.165, 1.54) is 0 Å². The van der Waals surface area contributed by atoms with Crippen molar-refractivity contribution in [1.29, 1.82) is 0 Å². The molecule has 1 aliphatic heterocycles. The molecule has 1 aromatic heterocycles. The van der Waals surface area contributed by atoms with Crippen molar-refractivity contribution in [3.8, 4) is 0 Å². The second kappa shape index (κ2) is 5.97. The molecule has 1 N–H and O–H groups in total. The van der Waals surface area contributed by atoms with Crippen LogP contribution in [-0.2, 0) is 4.79 Å². The van der Waals surface area contributed by atoms with E-state index >= 15 is 0 Å². The quantitative estimate of drug-likeness (QED) is 0.846. The predicted molar refractivity (Wildman–Crippen MR) is 71.7 cm³/mol. The molecule has 0 bridgehead atoms. The van der Waals surface area contributed by atoms with Crippen LogP contribution in [0.25, 0.3) is 0 Å². The average Bonchev–Trinajstić information content (AvgIpc) is 2.87. The summed E-state index contributed by atoms with van der Waals surface area (Å²) in [6.07, 6.45) is 4.61. The topological polar surface area (TPSA) is 69.6 Å². The van der Waals surface area contributed by atoms with E-state index in [0.717, 1.165) is 19.4 Å². The van der Waals surface area contributed by atoms with Crippen LogP contribution in [0.4, 0.5) is 5.95 Å². The van der Waals surface area contributed by atoms with Crippen molar-refractivity contribution >= 4 is 11.9 Å². The standard InChI is InChI=1S/C13H20N4O2/c1-10(18)9-16(2)12(19)11-5-3-8-17(11)13-14-6-4-7-15-13/h4,6-7,10-11,18H,3,5,8-9H2,1-2H3. The van der Waals surface area contributed by atoms with Crippen LogP contribution in [0, 0.1) is 0 Å². The highest BCUT2D eigenvalue weighted by Gasteiger charge is 2.34. The Kier molecular flexibility index (Phi) is 4.31. The Morgan fingerprint density at radius 1 is 1.58 bits per heavy atom. The van der Waals surface area contributed by atoms with Crippen molar-refractivity contribution in [3.05, 3.63) is 18.5 Å². The number of aromatic nitrogens is 2. The second-order valence-electron chi connectivity index (χ2n) is 4.97. The minimum Gasteiger partial charge on any atom is -0.392 e. The molecule has 1 fully saturated rings. The Morgan fingerprint density at radius 2 is 2.26 bits per heavy atom. The maximum absolute atomic E-state index is 12.4. The number of hydrogen-bond donors (Lipinski definition) is 1. The molecule has 1 aliphatic rings. The lowest BCUT2D eigenvalue weighted by atomic mass is 10.2. The number of amides is 1. The molecule has 1 amide bonds. The summed E-state index contributed by atoms with van der Waals surface area (Å²) in [6, 6.07) is 1.54. The Morgan fingerprint density at radius 3 is 2.89 bits per heavy atom. The molecule has 6 nitrogen and oxygen atoms in total. The maximum Gasteiger partial charge on any atom is 0.245 e. The van der Waals surface area contributed by atoms with E-state index in [9.17, 15) is 9.90 Å². The number of aliphatic hydroxyl groups is 1. The Labute approximate surface area is 113 Å². The van der Waals surface area contributed by atoms with Crippen LogP contribution in [0.5, 0.6) is 0 Å². The lowest BCUT2D eigenvalue weighted by Gasteiger charge is -2.28. The lowest BCUT2D eigenvalue weighted by molar-refractivity contribution is -0.132. The fourth-order valence-corrected chi connectivity index (χ4v) is 2.44. The van der Waals surface area contributed by atoms with E-state index in [2.05, 4.69) is 9.97 Å². The lowest BCUT2D eigenvalue weighted by Crippen LogP contribution is -2.46. The third kappa shape index (κ3) is 3.20. The van der Waals surface area contributed by atoms with Gasteiger partial charge in [0.2, 0.25) is 11.9 Å². The van der Waals surface area contributed by atoms with Crippen LogP contribution in [0.2, 0.25) is 0 Å². The molecule has 1 saturated heterocycles. The highest BCUT2D eigenvalue weighted by atomic mass is 16.3. The number of nitrogens with zero attached hydrogens (tertiary/aromatic N) is 4. The Balaban J connectivity index is 2.08. The van der Waals surface area contributed by atoms with Crippen molar-refractivity contribution in [1.82, 2.24) is 14.9 Å². The van der Waals surface area contributed by atoms with Crippen LogP contribution < -0.4 is 4.90 Å². The van der Waals surface area contributed by atoms with Gasteiger partial charge in [0.1, 0.15) is 6.04 Å². The molecular formula is C13H20N4O2. The van der Waals surface area contributed by atoms with Gasteiger partial charge < -0.3 is 14.9 Å². The van der Waals surface area contributed by atoms with E-state index in [-0.39, 0.29) is 11.9 Å². The van der Waals surface area contributed by atoms with Crippen molar-refractivity contribution in [2.75, 3.05) is 25.0 Å². The summed E-state index contributed by atoms with van der Waals surface area (Å²) in [7, 11) is 1.72. The normalized spacial score (nSPS) is 20.4. The number of anilines is 1. The fourth-order valence-electron chi connectivity index (χ4n) is 2.44. The third-order valence-corrected chi connectivity index (χ3v) is 3.26. The molecule has 0 aliphatic carbocycles. The molecule has 2 rings (SSSR count). The number of carbonyl (C=O) groups is 1. The third-order valence-electron chi connectivity index (χ3n) is 3.26. The molecule has 2 atom stereocenters. The summed E-state index contributed by atoms with van der Waals surface area (Å²) in [4.78, 5) is 24.3. The first-order valence-electron chi connectivity index (χ1n) is 6.56. The number of carbonyl (C=O) groups excluding carboxylic acids is 1. The Hall–Kier alpha value is -1.69. The first-order valence-corrected chi connectivity index (χ1v) is 6.56. The van der Waals surface area contributed by atoms with Gasteiger partial charge in [0, 0.05) is 32.5 Å². The zero-order valence-electron chi connectivity index (χ0n) is 11.4. The average molecular weight is 264 g/mol. The molecule has 0 spiro atoms.